The average Bonchev–Trinajstić information content (AvgIpc) is 2.45. The maximum Gasteiger partial charge on any atom is 0.302 e. The van der Waals surface area contributed by atoms with Gasteiger partial charge in [-0.1, -0.05) is 0 Å². The molecule has 0 bridgehead atoms. The lowest BCUT2D eigenvalue weighted by Crippen LogP contribution is -2.14. The van der Waals surface area contributed by atoms with Crippen molar-refractivity contribution in [3.63, 3.8) is 0 Å². The molecular weight excluding hydrogens is 323 g/mol. The van der Waals surface area contributed by atoms with E-state index in [0.29, 0.717) is 18.3 Å². The Morgan fingerprint density at radius 2 is 1.96 bits per heavy atom. The number of aromatic nitrogens is 2. The third kappa shape index (κ3) is 6.48. The first-order valence-corrected chi connectivity index (χ1v) is 6.78. The van der Waals surface area contributed by atoms with Crippen molar-refractivity contribution in [2.45, 2.75) is 13.8 Å². The molecule has 0 fully saturated rings. The minimum absolute atomic E-state index is 0. The number of benzene rings is 1. The number of nitrogens with one attached hydrogen (secondary N) is 2. The maximum absolute atomic E-state index is 12.9. The summed E-state index contributed by atoms with van der Waals surface area (Å²) < 4.78 is 17.7. The van der Waals surface area contributed by atoms with Crippen LogP contribution in [0.1, 0.15) is 12.6 Å². The number of hydrogen-bond acceptors (Lipinski definition) is 6. The van der Waals surface area contributed by atoms with Gasteiger partial charge in [0.25, 0.3) is 0 Å². The number of rotatable bonds is 6. The van der Waals surface area contributed by atoms with E-state index in [-0.39, 0.29) is 30.8 Å². The predicted octanol–water partition coefficient (Wildman–Crippen LogP) is 3.06. The Morgan fingerprint density at radius 3 is 2.61 bits per heavy atom. The van der Waals surface area contributed by atoms with E-state index >= 15 is 0 Å². The van der Waals surface area contributed by atoms with Gasteiger partial charge in [-0.2, -0.15) is 4.98 Å². The van der Waals surface area contributed by atoms with E-state index in [0.717, 1.165) is 11.4 Å². The molecule has 8 heteroatoms. The average molecular weight is 341 g/mol. The van der Waals surface area contributed by atoms with Crippen molar-refractivity contribution >= 4 is 35.8 Å². The van der Waals surface area contributed by atoms with Crippen molar-refractivity contribution < 1.29 is 13.9 Å². The van der Waals surface area contributed by atoms with Gasteiger partial charge in [-0.3, -0.25) is 4.79 Å². The van der Waals surface area contributed by atoms with E-state index < -0.39 is 0 Å². The van der Waals surface area contributed by atoms with Crippen LogP contribution in [0.15, 0.2) is 30.3 Å². The van der Waals surface area contributed by atoms with Crippen molar-refractivity contribution in [2.75, 3.05) is 23.8 Å². The number of carbonyl (C=O) groups excluding carboxylic acids is 1. The van der Waals surface area contributed by atoms with E-state index in [9.17, 15) is 9.18 Å². The summed E-state index contributed by atoms with van der Waals surface area (Å²) in [6.07, 6.45) is 0. The van der Waals surface area contributed by atoms with Crippen LogP contribution in [0.3, 0.4) is 0 Å². The van der Waals surface area contributed by atoms with Gasteiger partial charge in [0.2, 0.25) is 5.95 Å². The van der Waals surface area contributed by atoms with Gasteiger partial charge in [-0.25, -0.2) is 9.37 Å². The fourth-order valence-corrected chi connectivity index (χ4v) is 1.75. The van der Waals surface area contributed by atoms with Crippen LogP contribution in [0.5, 0.6) is 0 Å². The molecule has 0 aliphatic rings. The zero-order valence-corrected chi connectivity index (χ0v) is 13.6. The molecule has 0 aliphatic heterocycles. The summed E-state index contributed by atoms with van der Waals surface area (Å²) >= 11 is 0. The Labute approximate surface area is 139 Å². The number of esters is 1. The number of halogens is 2. The van der Waals surface area contributed by atoms with Crippen LogP contribution in [0, 0.1) is 12.7 Å². The van der Waals surface area contributed by atoms with E-state index in [4.69, 9.17) is 4.74 Å². The second-order valence-corrected chi connectivity index (χ2v) is 4.62. The molecule has 0 atom stereocenters. The Balaban J connectivity index is 0.00000264. The zero-order valence-electron chi connectivity index (χ0n) is 12.8. The van der Waals surface area contributed by atoms with E-state index in [1.165, 1.54) is 19.1 Å². The Kier molecular flexibility index (Phi) is 7.21. The number of nitrogens with zero attached hydrogens (tertiary/aromatic N) is 2. The minimum atomic E-state index is -0.328. The highest BCUT2D eigenvalue weighted by atomic mass is 35.5. The van der Waals surface area contributed by atoms with Gasteiger partial charge in [-0.15, -0.1) is 12.4 Å². The van der Waals surface area contributed by atoms with Gasteiger partial charge in [0.1, 0.15) is 18.2 Å². The predicted molar refractivity (Wildman–Crippen MR) is 88.8 cm³/mol. The highest BCUT2D eigenvalue weighted by Crippen LogP contribution is 2.17. The molecule has 2 rings (SSSR count). The van der Waals surface area contributed by atoms with Gasteiger partial charge in [0.15, 0.2) is 0 Å². The fraction of sp³-hybridized carbons (Fsp3) is 0.267. The van der Waals surface area contributed by atoms with Gasteiger partial charge in [-0.05, 0) is 31.2 Å². The zero-order chi connectivity index (χ0) is 15.9. The lowest BCUT2D eigenvalue weighted by Gasteiger charge is -2.10. The van der Waals surface area contributed by atoms with E-state index in [1.807, 2.05) is 6.92 Å². The van der Waals surface area contributed by atoms with Crippen LogP contribution >= 0.6 is 12.4 Å². The summed E-state index contributed by atoms with van der Waals surface area (Å²) in [7, 11) is 0. The number of carbonyl (C=O) groups is 1. The molecule has 0 spiro atoms. The second-order valence-electron chi connectivity index (χ2n) is 4.62. The third-order valence-corrected chi connectivity index (χ3v) is 2.66. The molecule has 23 heavy (non-hydrogen) atoms. The molecular formula is C15H18ClFN4O2. The first-order valence-electron chi connectivity index (χ1n) is 6.78. The van der Waals surface area contributed by atoms with Gasteiger partial charge < -0.3 is 15.4 Å². The summed E-state index contributed by atoms with van der Waals surface area (Å²) in [6, 6.07) is 7.77. The van der Waals surface area contributed by atoms with Gasteiger partial charge >= 0.3 is 5.97 Å². The van der Waals surface area contributed by atoms with Crippen LogP contribution in [0.4, 0.5) is 21.8 Å². The van der Waals surface area contributed by atoms with Crippen molar-refractivity contribution in [1.82, 2.24) is 9.97 Å². The van der Waals surface area contributed by atoms with Crippen LogP contribution < -0.4 is 10.6 Å². The summed E-state index contributed by atoms with van der Waals surface area (Å²) in [6.45, 7) is 3.86. The molecule has 0 saturated heterocycles. The van der Waals surface area contributed by atoms with Crippen molar-refractivity contribution in [3.8, 4) is 0 Å². The number of anilines is 3. The molecule has 0 unspecified atom stereocenters. The van der Waals surface area contributed by atoms with Gasteiger partial charge in [0.05, 0.1) is 6.54 Å². The lowest BCUT2D eigenvalue weighted by molar-refractivity contribution is -0.140. The second kappa shape index (κ2) is 8.89. The Morgan fingerprint density at radius 1 is 1.26 bits per heavy atom. The van der Waals surface area contributed by atoms with E-state index in [2.05, 4.69) is 20.6 Å². The molecule has 0 saturated carbocycles. The molecule has 1 aromatic carbocycles. The topological polar surface area (TPSA) is 76.1 Å². The molecule has 124 valence electrons. The molecule has 2 N–H and O–H groups in total. The third-order valence-electron chi connectivity index (χ3n) is 2.66. The first kappa shape index (κ1) is 18.6. The molecule has 1 heterocycles. The van der Waals surface area contributed by atoms with Gasteiger partial charge in [0, 0.05) is 24.4 Å². The molecule has 0 aliphatic carbocycles. The largest absolute Gasteiger partial charge is 0.464 e. The van der Waals surface area contributed by atoms with Crippen molar-refractivity contribution in [3.05, 3.63) is 41.8 Å². The molecule has 0 amide bonds. The van der Waals surface area contributed by atoms with Crippen LogP contribution in [-0.4, -0.2) is 29.1 Å². The molecule has 1 aromatic heterocycles. The maximum atomic E-state index is 12.9. The van der Waals surface area contributed by atoms with Crippen LogP contribution in [0.25, 0.3) is 0 Å². The van der Waals surface area contributed by atoms with Crippen LogP contribution in [-0.2, 0) is 9.53 Å². The summed E-state index contributed by atoms with van der Waals surface area (Å²) in [5, 5.41) is 6.05. The first-order chi connectivity index (χ1) is 10.5. The van der Waals surface area contributed by atoms with Crippen molar-refractivity contribution in [2.24, 2.45) is 0 Å². The quantitative estimate of drug-likeness (QED) is 0.621. The smallest absolute Gasteiger partial charge is 0.302 e. The summed E-state index contributed by atoms with van der Waals surface area (Å²) in [5.74, 6) is 0.397. The summed E-state index contributed by atoms with van der Waals surface area (Å²) in [5.41, 5.74) is 1.50. The number of ether oxygens (including phenoxy) is 1. The fourth-order valence-electron chi connectivity index (χ4n) is 1.75. The number of hydrogen-bond donors (Lipinski definition) is 2. The lowest BCUT2D eigenvalue weighted by atomic mass is 10.3. The standard InChI is InChI=1S/C15H17FN4O2.ClH/c1-10-9-14(19-13-5-3-12(16)4-6-13)20-15(18-10)17-7-8-22-11(2)21;/h3-6,9H,7-8H2,1-2H3,(H2,17,18,19,20);1H. The van der Waals surface area contributed by atoms with E-state index in [1.54, 1.807) is 18.2 Å². The number of aryl methyl sites for hydroxylation is 1. The monoisotopic (exact) mass is 340 g/mol. The highest BCUT2D eigenvalue weighted by Gasteiger charge is 2.03. The minimum Gasteiger partial charge on any atom is -0.464 e. The SMILES string of the molecule is CC(=O)OCCNc1nc(C)cc(Nc2ccc(F)cc2)n1.Cl. The summed E-state index contributed by atoms with van der Waals surface area (Å²) in [4.78, 5) is 19.2. The molecule has 2 aromatic rings. The Hall–Kier alpha value is -2.41. The molecule has 6 nitrogen and oxygen atoms in total. The van der Waals surface area contributed by atoms with Crippen LogP contribution in [0.2, 0.25) is 0 Å². The normalized spacial score (nSPS) is 9.70. The van der Waals surface area contributed by atoms with Crippen molar-refractivity contribution in [1.29, 1.82) is 0 Å². The Bertz CT molecular complexity index is 652. The highest BCUT2D eigenvalue weighted by molar-refractivity contribution is 5.85. The molecule has 0 radical (unpaired) electrons.